The fraction of sp³-hybridized carbons (Fsp3) is 0.933. The lowest BCUT2D eigenvalue weighted by Crippen LogP contribution is -2.47. The smallest absolute Gasteiger partial charge is 0.350 e. The van der Waals surface area contributed by atoms with E-state index in [1.54, 1.807) is 0 Å². The minimum absolute atomic E-state index is 0.00247. The Labute approximate surface area is 141 Å². The van der Waals surface area contributed by atoms with Gasteiger partial charge in [-0.05, 0) is 49.9 Å². The van der Waals surface area contributed by atoms with Gasteiger partial charge in [0.1, 0.15) is 0 Å². The summed E-state index contributed by atoms with van der Waals surface area (Å²) in [4.78, 5) is 12.4. The van der Waals surface area contributed by atoms with E-state index < -0.39 is 15.8 Å². The molecule has 2 aliphatic carbocycles. The molecule has 3 N–H and O–H groups in total. The van der Waals surface area contributed by atoms with Crippen LogP contribution >= 0.6 is 0 Å². The van der Waals surface area contributed by atoms with Crippen LogP contribution in [0.1, 0.15) is 32.1 Å². The summed E-state index contributed by atoms with van der Waals surface area (Å²) in [6.45, 7) is 0.629. The molecule has 4 unspecified atom stereocenters. The second kappa shape index (κ2) is 6.84. The largest absolute Gasteiger partial charge is 0.356 e. The van der Waals surface area contributed by atoms with Crippen molar-refractivity contribution in [2.45, 2.75) is 43.9 Å². The van der Waals surface area contributed by atoms with Crippen molar-refractivity contribution < 1.29 is 22.0 Å². The number of nitrogens with two attached hydrogens (primary N) is 1. The van der Waals surface area contributed by atoms with Gasteiger partial charge in [0.2, 0.25) is 5.91 Å². The van der Waals surface area contributed by atoms with E-state index in [4.69, 9.17) is 5.73 Å². The van der Waals surface area contributed by atoms with E-state index >= 15 is 0 Å². The van der Waals surface area contributed by atoms with Gasteiger partial charge in [-0.15, -0.1) is 0 Å². The number of carbonyl (C=O) groups is 1. The molecule has 0 spiro atoms. The monoisotopic (exact) mass is 365 g/mol. The van der Waals surface area contributed by atoms with Crippen molar-refractivity contribution in [1.29, 1.82) is 0 Å². The molecule has 2 bridgehead atoms. The highest BCUT2D eigenvalue weighted by atomic mass is 32.2. The summed E-state index contributed by atoms with van der Waals surface area (Å²) in [6, 6.07) is -0.0539. The Hall–Kier alpha value is -0.800. The first-order chi connectivity index (χ1) is 11.3. The molecule has 6 nitrogen and oxygen atoms in total. The summed E-state index contributed by atoms with van der Waals surface area (Å²) in [5.41, 5.74) is 6.16. The van der Waals surface area contributed by atoms with Crippen LogP contribution in [-0.4, -0.2) is 50.1 Å². The Morgan fingerprint density at radius 1 is 1.17 bits per heavy atom. The highest BCUT2D eigenvalue weighted by Crippen LogP contribution is 2.47. The summed E-state index contributed by atoms with van der Waals surface area (Å²) in [5, 5.41) is 2.95. The van der Waals surface area contributed by atoms with Crippen molar-refractivity contribution in [3.05, 3.63) is 0 Å². The van der Waals surface area contributed by atoms with Crippen LogP contribution < -0.4 is 11.1 Å². The lowest BCUT2D eigenvalue weighted by molar-refractivity contribution is -0.127. The number of carbonyl (C=O) groups excluding carboxylic acids is 1. The van der Waals surface area contributed by atoms with E-state index in [9.17, 15) is 22.0 Å². The molecule has 1 amide bonds. The number of nitrogens with zero attached hydrogens (tertiary/aromatic N) is 1. The molecule has 0 radical (unpaired) electrons. The predicted octanol–water partition coefficient (Wildman–Crippen LogP) is 0.740. The molecule has 2 saturated carbocycles. The number of hydrogen-bond donors (Lipinski definition) is 2. The fourth-order valence-corrected chi connectivity index (χ4v) is 5.51. The second-order valence-corrected chi connectivity index (χ2v) is 9.23. The van der Waals surface area contributed by atoms with E-state index in [0.29, 0.717) is 31.2 Å². The Balaban J connectivity index is 1.45. The summed E-state index contributed by atoms with van der Waals surface area (Å²) in [7, 11) is -4.48. The SMILES string of the molecule is NC1C2CCC(C2)C1C(=O)NCC1CCN(S(=O)(=O)C(F)F)CC1. The van der Waals surface area contributed by atoms with Gasteiger partial charge < -0.3 is 11.1 Å². The quantitative estimate of drug-likeness (QED) is 0.752. The van der Waals surface area contributed by atoms with E-state index in [2.05, 4.69) is 5.32 Å². The summed E-state index contributed by atoms with van der Waals surface area (Å²) >= 11 is 0. The molecule has 24 heavy (non-hydrogen) atoms. The average Bonchev–Trinajstić information content (AvgIpc) is 3.14. The molecule has 1 heterocycles. The van der Waals surface area contributed by atoms with Crippen LogP contribution in [0.25, 0.3) is 0 Å². The topological polar surface area (TPSA) is 92.5 Å². The molecule has 9 heteroatoms. The molecule has 1 aliphatic heterocycles. The van der Waals surface area contributed by atoms with Gasteiger partial charge in [-0.25, -0.2) is 8.42 Å². The maximum atomic E-state index is 12.5. The van der Waals surface area contributed by atoms with Crippen LogP contribution in [0.4, 0.5) is 8.78 Å². The number of alkyl halides is 2. The third kappa shape index (κ3) is 3.30. The van der Waals surface area contributed by atoms with Gasteiger partial charge in [0.05, 0.1) is 5.92 Å². The number of nitrogens with one attached hydrogen (secondary N) is 1. The molecular formula is C15H25F2N3O3S. The standard InChI is InChI=1S/C15H25F2N3O3S/c16-15(17)24(22,23)20-5-3-9(4-6-20)8-19-14(21)12-10-1-2-11(7-10)13(12)18/h9-13,15H,1-8,18H2,(H,19,21). The van der Waals surface area contributed by atoms with Gasteiger partial charge in [0.25, 0.3) is 10.0 Å². The summed E-state index contributed by atoms with van der Waals surface area (Å²) in [5.74, 6) is -2.50. The van der Waals surface area contributed by atoms with Gasteiger partial charge >= 0.3 is 5.76 Å². The molecule has 0 aromatic carbocycles. The van der Waals surface area contributed by atoms with E-state index in [1.807, 2.05) is 0 Å². The Bertz CT molecular complexity index is 577. The van der Waals surface area contributed by atoms with Crippen LogP contribution in [0.3, 0.4) is 0 Å². The van der Waals surface area contributed by atoms with Crippen molar-refractivity contribution in [3.8, 4) is 0 Å². The average molecular weight is 365 g/mol. The highest BCUT2D eigenvalue weighted by molar-refractivity contribution is 7.89. The van der Waals surface area contributed by atoms with Crippen LogP contribution in [0.5, 0.6) is 0 Å². The lowest BCUT2D eigenvalue weighted by Gasteiger charge is -2.32. The van der Waals surface area contributed by atoms with Crippen LogP contribution in [-0.2, 0) is 14.8 Å². The molecule has 3 fully saturated rings. The third-order valence-corrected chi connectivity index (χ3v) is 7.54. The first-order valence-corrected chi connectivity index (χ1v) is 10.1. The van der Waals surface area contributed by atoms with Crippen LogP contribution in [0.2, 0.25) is 0 Å². The Kier molecular flexibility index (Phi) is 5.13. The molecule has 3 aliphatic rings. The summed E-state index contributed by atoms with van der Waals surface area (Å²) < 4.78 is 48.8. The van der Waals surface area contributed by atoms with Gasteiger partial charge in [0.15, 0.2) is 0 Å². The third-order valence-electron chi connectivity index (χ3n) is 6.01. The molecule has 4 atom stereocenters. The number of sulfonamides is 1. The first kappa shape index (κ1) is 18.0. The molecule has 3 rings (SSSR count). The zero-order valence-electron chi connectivity index (χ0n) is 13.5. The van der Waals surface area contributed by atoms with Gasteiger partial charge in [0, 0.05) is 25.7 Å². The molecule has 0 aromatic rings. The zero-order chi connectivity index (χ0) is 17.5. The zero-order valence-corrected chi connectivity index (χ0v) is 14.4. The minimum Gasteiger partial charge on any atom is -0.356 e. The number of amides is 1. The van der Waals surface area contributed by atoms with Crippen molar-refractivity contribution >= 4 is 15.9 Å². The van der Waals surface area contributed by atoms with Crippen LogP contribution in [0.15, 0.2) is 0 Å². The van der Waals surface area contributed by atoms with Gasteiger partial charge in [-0.3, -0.25) is 4.79 Å². The van der Waals surface area contributed by atoms with Crippen molar-refractivity contribution in [2.24, 2.45) is 29.4 Å². The number of rotatable bonds is 5. The molecular weight excluding hydrogens is 340 g/mol. The molecule has 0 aromatic heterocycles. The van der Waals surface area contributed by atoms with Crippen molar-refractivity contribution in [1.82, 2.24) is 9.62 Å². The Morgan fingerprint density at radius 2 is 1.79 bits per heavy atom. The first-order valence-electron chi connectivity index (χ1n) is 8.61. The maximum Gasteiger partial charge on any atom is 0.350 e. The minimum atomic E-state index is -4.48. The fourth-order valence-electron chi connectivity index (χ4n) is 4.57. The highest BCUT2D eigenvalue weighted by Gasteiger charge is 2.49. The van der Waals surface area contributed by atoms with Crippen LogP contribution in [0, 0.1) is 23.7 Å². The van der Waals surface area contributed by atoms with Crippen molar-refractivity contribution in [3.63, 3.8) is 0 Å². The van der Waals surface area contributed by atoms with Gasteiger partial charge in [-0.2, -0.15) is 13.1 Å². The van der Waals surface area contributed by atoms with E-state index in [1.165, 1.54) is 0 Å². The number of hydrogen-bond acceptors (Lipinski definition) is 4. The maximum absolute atomic E-state index is 12.5. The van der Waals surface area contributed by atoms with Gasteiger partial charge in [-0.1, -0.05) is 0 Å². The second-order valence-electron chi connectivity index (χ2n) is 7.33. The van der Waals surface area contributed by atoms with Crippen molar-refractivity contribution in [2.75, 3.05) is 19.6 Å². The number of piperidine rings is 1. The normalized spacial score (nSPS) is 34.8. The number of halogens is 2. The van der Waals surface area contributed by atoms with E-state index in [-0.39, 0.29) is 36.9 Å². The predicted molar refractivity (Wildman–Crippen MR) is 84.5 cm³/mol. The summed E-state index contributed by atoms with van der Waals surface area (Å²) in [6.07, 6.45) is 4.19. The lowest BCUT2D eigenvalue weighted by atomic mass is 9.84. The number of fused-ring (bicyclic) bond motifs is 2. The van der Waals surface area contributed by atoms with E-state index in [0.717, 1.165) is 23.6 Å². The Morgan fingerprint density at radius 3 is 2.33 bits per heavy atom. The molecule has 1 saturated heterocycles. The molecule has 138 valence electrons.